The van der Waals surface area contributed by atoms with Crippen molar-refractivity contribution in [1.29, 1.82) is 0 Å². The number of rotatable bonds is 4. The Morgan fingerprint density at radius 2 is 1.91 bits per heavy atom. The SMILES string of the molecule is CCc1c(C)cc(C(=O)NC)c(=O)n1Cc1ccc(F)cc1. The number of carbonyl (C=O) groups excluding carboxylic acids is 1. The first-order valence-corrected chi connectivity index (χ1v) is 7.17. The van der Waals surface area contributed by atoms with E-state index in [1.165, 1.54) is 19.2 Å². The van der Waals surface area contributed by atoms with E-state index >= 15 is 0 Å². The average molecular weight is 302 g/mol. The zero-order valence-electron chi connectivity index (χ0n) is 12.9. The summed E-state index contributed by atoms with van der Waals surface area (Å²) in [7, 11) is 1.50. The fraction of sp³-hybridized carbons (Fsp3) is 0.294. The topological polar surface area (TPSA) is 51.1 Å². The van der Waals surface area contributed by atoms with Crippen molar-refractivity contribution >= 4 is 5.91 Å². The smallest absolute Gasteiger partial charge is 0.263 e. The number of aryl methyl sites for hydroxylation is 1. The Labute approximate surface area is 128 Å². The predicted octanol–water partition coefficient (Wildman–Crippen LogP) is 2.27. The number of aromatic nitrogens is 1. The van der Waals surface area contributed by atoms with E-state index in [1.807, 2.05) is 13.8 Å². The Kier molecular flexibility index (Phi) is 4.75. The largest absolute Gasteiger partial charge is 0.355 e. The number of nitrogens with one attached hydrogen (secondary N) is 1. The fourth-order valence-electron chi connectivity index (χ4n) is 2.55. The van der Waals surface area contributed by atoms with Gasteiger partial charge in [0.05, 0.1) is 6.54 Å². The first-order valence-electron chi connectivity index (χ1n) is 7.17. The molecule has 0 atom stereocenters. The Hall–Kier alpha value is -2.43. The average Bonchev–Trinajstić information content (AvgIpc) is 2.52. The van der Waals surface area contributed by atoms with Gasteiger partial charge in [0.1, 0.15) is 11.4 Å². The van der Waals surface area contributed by atoms with Crippen molar-refractivity contribution in [3.8, 4) is 0 Å². The highest BCUT2D eigenvalue weighted by Crippen LogP contribution is 2.12. The van der Waals surface area contributed by atoms with Gasteiger partial charge in [-0.15, -0.1) is 0 Å². The lowest BCUT2D eigenvalue weighted by Gasteiger charge is -2.16. The molecule has 2 rings (SSSR count). The van der Waals surface area contributed by atoms with Crippen LogP contribution in [-0.2, 0) is 13.0 Å². The summed E-state index contributed by atoms with van der Waals surface area (Å²) >= 11 is 0. The maximum absolute atomic E-state index is 13.0. The van der Waals surface area contributed by atoms with Crippen LogP contribution < -0.4 is 10.9 Å². The van der Waals surface area contributed by atoms with Crippen LogP contribution in [-0.4, -0.2) is 17.5 Å². The molecule has 0 fully saturated rings. The molecule has 1 heterocycles. The summed E-state index contributed by atoms with van der Waals surface area (Å²) in [4.78, 5) is 24.5. The molecule has 2 aromatic rings. The van der Waals surface area contributed by atoms with Gasteiger partial charge in [0.25, 0.3) is 11.5 Å². The Morgan fingerprint density at radius 1 is 1.27 bits per heavy atom. The first-order chi connectivity index (χ1) is 10.5. The molecule has 1 N–H and O–H groups in total. The summed E-state index contributed by atoms with van der Waals surface area (Å²) in [6.45, 7) is 4.16. The molecule has 1 aromatic carbocycles. The van der Waals surface area contributed by atoms with Crippen molar-refractivity contribution in [3.05, 3.63) is 68.9 Å². The summed E-state index contributed by atoms with van der Waals surface area (Å²) < 4.78 is 14.6. The summed E-state index contributed by atoms with van der Waals surface area (Å²) in [5.41, 5.74) is 2.38. The zero-order chi connectivity index (χ0) is 16.3. The van der Waals surface area contributed by atoms with E-state index in [0.717, 1.165) is 16.8 Å². The molecule has 22 heavy (non-hydrogen) atoms. The molecule has 0 aliphatic carbocycles. The molecule has 1 aromatic heterocycles. The van der Waals surface area contributed by atoms with Crippen LogP contribution in [0.1, 0.15) is 34.1 Å². The molecule has 0 saturated carbocycles. The second-order valence-corrected chi connectivity index (χ2v) is 5.14. The van der Waals surface area contributed by atoms with Gasteiger partial charge in [0.15, 0.2) is 0 Å². The van der Waals surface area contributed by atoms with Crippen molar-refractivity contribution in [2.45, 2.75) is 26.8 Å². The molecule has 0 bridgehead atoms. The van der Waals surface area contributed by atoms with E-state index in [4.69, 9.17) is 0 Å². The van der Waals surface area contributed by atoms with Gasteiger partial charge >= 0.3 is 0 Å². The number of halogens is 1. The fourth-order valence-corrected chi connectivity index (χ4v) is 2.55. The second-order valence-electron chi connectivity index (χ2n) is 5.14. The maximum atomic E-state index is 13.0. The number of hydrogen-bond donors (Lipinski definition) is 1. The molecule has 0 unspecified atom stereocenters. The van der Waals surface area contributed by atoms with Crippen molar-refractivity contribution in [2.75, 3.05) is 7.05 Å². The molecule has 0 aliphatic rings. The van der Waals surface area contributed by atoms with Gasteiger partial charge in [-0.25, -0.2) is 4.39 Å². The molecule has 1 amide bonds. The summed E-state index contributed by atoms with van der Waals surface area (Å²) in [6, 6.07) is 7.64. The molecule has 0 spiro atoms. The van der Waals surface area contributed by atoms with Gasteiger partial charge in [-0.1, -0.05) is 19.1 Å². The molecule has 0 aliphatic heterocycles. The third-order valence-electron chi connectivity index (χ3n) is 3.68. The third kappa shape index (κ3) is 3.08. The Bertz CT molecular complexity index is 748. The van der Waals surface area contributed by atoms with Gasteiger partial charge in [-0.3, -0.25) is 9.59 Å². The Morgan fingerprint density at radius 3 is 2.45 bits per heavy atom. The lowest BCUT2D eigenvalue weighted by molar-refractivity contribution is 0.0961. The lowest BCUT2D eigenvalue weighted by Crippen LogP contribution is -2.33. The number of nitrogens with zero attached hydrogens (tertiary/aromatic N) is 1. The number of amides is 1. The number of pyridine rings is 1. The standard InChI is InChI=1S/C17H19FN2O2/c1-4-15-11(2)9-14(16(21)19-3)17(22)20(15)10-12-5-7-13(18)8-6-12/h5-9H,4,10H2,1-3H3,(H,19,21). The minimum atomic E-state index is -0.399. The van der Waals surface area contributed by atoms with E-state index in [0.29, 0.717) is 13.0 Å². The van der Waals surface area contributed by atoms with E-state index in [-0.39, 0.29) is 16.9 Å². The zero-order valence-corrected chi connectivity index (χ0v) is 12.9. The molecule has 0 saturated heterocycles. The highest BCUT2D eigenvalue weighted by molar-refractivity contribution is 5.93. The molecular formula is C17H19FN2O2. The van der Waals surface area contributed by atoms with Crippen LogP contribution in [0.4, 0.5) is 4.39 Å². The van der Waals surface area contributed by atoms with Crippen LogP contribution in [0.5, 0.6) is 0 Å². The van der Waals surface area contributed by atoms with E-state index in [1.54, 1.807) is 22.8 Å². The lowest BCUT2D eigenvalue weighted by atomic mass is 10.1. The first kappa shape index (κ1) is 15.9. The number of benzene rings is 1. The van der Waals surface area contributed by atoms with Crippen molar-refractivity contribution < 1.29 is 9.18 Å². The van der Waals surface area contributed by atoms with Gasteiger partial charge in [0, 0.05) is 12.7 Å². The van der Waals surface area contributed by atoms with Gasteiger partial charge in [0.2, 0.25) is 0 Å². The third-order valence-corrected chi connectivity index (χ3v) is 3.68. The normalized spacial score (nSPS) is 10.5. The monoisotopic (exact) mass is 302 g/mol. The maximum Gasteiger partial charge on any atom is 0.263 e. The van der Waals surface area contributed by atoms with E-state index in [2.05, 4.69) is 5.32 Å². The van der Waals surface area contributed by atoms with E-state index < -0.39 is 5.91 Å². The van der Waals surface area contributed by atoms with Gasteiger partial charge < -0.3 is 9.88 Å². The van der Waals surface area contributed by atoms with Crippen LogP contribution in [0.3, 0.4) is 0 Å². The van der Waals surface area contributed by atoms with Crippen molar-refractivity contribution in [2.24, 2.45) is 0 Å². The van der Waals surface area contributed by atoms with Crippen LogP contribution in [0.2, 0.25) is 0 Å². The molecule has 4 nitrogen and oxygen atoms in total. The molecular weight excluding hydrogens is 283 g/mol. The highest BCUT2D eigenvalue weighted by Gasteiger charge is 2.16. The quantitative estimate of drug-likeness (QED) is 0.942. The van der Waals surface area contributed by atoms with Gasteiger partial charge in [-0.2, -0.15) is 0 Å². The van der Waals surface area contributed by atoms with Crippen LogP contribution in [0.15, 0.2) is 35.1 Å². The van der Waals surface area contributed by atoms with Crippen LogP contribution in [0, 0.1) is 12.7 Å². The minimum Gasteiger partial charge on any atom is -0.355 e. The van der Waals surface area contributed by atoms with Crippen LogP contribution >= 0.6 is 0 Å². The highest BCUT2D eigenvalue weighted by atomic mass is 19.1. The second kappa shape index (κ2) is 6.56. The molecule has 0 radical (unpaired) electrons. The Balaban J connectivity index is 2.57. The summed E-state index contributed by atoms with van der Waals surface area (Å²) in [5.74, 6) is -0.717. The molecule has 5 heteroatoms. The van der Waals surface area contributed by atoms with Crippen LogP contribution in [0.25, 0.3) is 0 Å². The number of carbonyl (C=O) groups is 1. The predicted molar refractivity (Wildman–Crippen MR) is 83.7 cm³/mol. The van der Waals surface area contributed by atoms with Crippen molar-refractivity contribution in [3.63, 3.8) is 0 Å². The summed E-state index contributed by atoms with van der Waals surface area (Å²) in [5, 5.41) is 2.48. The minimum absolute atomic E-state index is 0.124. The summed E-state index contributed by atoms with van der Waals surface area (Å²) in [6.07, 6.45) is 0.677. The number of hydrogen-bond acceptors (Lipinski definition) is 2. The molecule has 116 valence electrons. The van der Waals surface area contributed by atoms with Crippen molar-refractivity contribution in [1.82, 2.24) is 9.88 Å². The van der Waals surface area contributed by atoms with E-state index in [9.17, 15) is 14.0 Å². The van der Waals surface area contributed by atoms with Gasteiger partial charge in [-0.05, 0) is 42.7 Å².